The maximum Gasteiger partial charge on any atom is 0.208 e. The van der Waals surface area contributed by atoms with E-state index < -0.39 is 0 Å². The van der Waals surface area contributed by atoms with Gasteiger partial charge < -0.3 is 0 Å². The Morgan fingerprint density at radius 1 is 1.19 bits per heavy atom. The van der Waals surface area contributed by atoms with Gasteiger partial charge in [-0.25, -0.2) is 4.98 Å². The second kappa shape index (κ2) is 7.32. The van der Waals surface area contributed by atoms with Crippen LogP contribution in [0.4, 0.5) is 0 Å². The Morgan fingerprint density at radius 3 is 2.71 bits per heavy atom. The minimum atomic E-state index is 0.774. The Kier molecular flexibility index (Phi) is 5.20. The van der Waals surface area contributed by atoms with E-state index in [0.29, 0.717) is 0 Å². The highest BCUT2D eigenvalue weighted by molar-refractivity contribution is 7.98. The molecular formula is C16H20ClN3S. The second-order valence-electron chi connectivity index (χ2n) is 5.67. The third-order valence-corrected chi connectivity index (χ3v) is 5.23. The van der Waals surface area contributed by atoms with Gasteiger partial charge in [0, 0.05) is 17.2 Å². The number of hydrogen-bond acceptors (Lipinski definition) is 3. The van der Waals surface area contributed by atoms with E-state index in [1.54, 1.807) is 11.8 Å². The number of nitrogens with zero attached hydrogens (tertiary/aromatic N) is 2. The Balaban J connectivity index is 1.46. The van der Waals surface area contributed by atoms with Crippen LogP contribution in [-0.2, 0) is 12.2 Å². The number of benzene rings is 1. The number of hydrogen-bond donors (Lipinski definition) is 1. The van der Waals surface area contributed by atoms with Gasteiger partial charge in [-0.15, -0.1) is 5.10 Å². The van der Waals surface area contributed by atoms with Crippen LogP contribution in [0.25, 0.3) is 0 Å². The van der Waals surface area contributed by atoms with Crippen LogP contribution in [-0.4, -0.2) is 15.2 Å². The first-order chi connectivity index (χ1) is 10.3. The fourth-order valence-corrected chi connectivity index (χ4v) is 3.72. The van der Waals surface area contributed by atoms with Gasteiger partial charge in [0.15, 0.2) is 0 Å². The van der Waals surface area contributed by atoms with Gasteiger partial charge in [-0.2, -0.15) is 0 Å². The molecule has 5 heteroatoms. The van der Waals surface area contributed by atoms with Crippen molar-refractivity contribution in [2.75, 3.05) is 0 Å². The number of rotatable bonds is 6. The monoisotopic (exact) mass is 321 g/mol. The van der Waals surface area contributed by atoms with E-state index in [1.807, 2.05) is 24.3 Å². The highest BCUT2D eigenvalue weighted by Crippen LogP contribution is 2.28. The molecule has 1 aliphatic carbocycles. The summed E-state index contributed by atoms with van der Waals surface area (Å²) in [6.45, 7) is 0. The zero-order valence-electron chi connectivity index (χ0n) is 12.0. The molecule has 1 aromatic carbocycles. The quantitative estimate of drug-likeness (QED) is 0.771. The van der Waals surface area contributed by atoms with Crippen LogP contribution in [0.1, 0.15) is 43.5 Å². The highest BCUT2D eigenvalue weighted by atomic mass is 35.5. The number of thioether (sulfide) groups is 1. The van der Waals surface area contributed by atoms with E-state index in [-0.39, 0.29) is 0 Å². The van der Waals surface area contributed by atoms with Gasteiger partial charge in [-0.05, 0) is 30.0 Å². The summed E-state index contributed by atoms with van der Waals surface area (Å²) in [6, 6.07) is 7.93. The fourth-order valence-electron chi connectivity index (χ4n) is 2.82. The predicted octanol–water partition coefficient (Wildman–Crippen LogP) is 4.87. The first kappa shape index (κ1) is 14.9. The molecule has 1 fully saturated rings. The molecule has 1 saturated carbocycles. The van der Waals surface area contributed by atoms with Gasteiger partial charge in [0.2, 0.25) is 5.16 Å². The largest absolute Gasteiger partial charge is 0.262 e. The average molecular weight is 322 g/mol. The summed E-state index contributed by atoms with van der Waals surface area (Å²) < 4.78 is 0. The van der Waals surface area contributed by atoms with E-state index in [2.05, 4.69) is 15.2 Å². The van der Waals surface area contributed by atoms with Gasteiger partial charge in [-0.3, -0.25) is 5.10 Å². The average Bonchev–Trinajstić information content (AvgIpc) is 3.16. The molecule has 1 N–H and O–H groups in total. The Hall–Kier alpha value is -1.00. The molecule has 1 aliphatic rings. The van der Waals surface area contributed by atoms with Crippen LogP contribution in [0.2, 0.25) is 5.02 Å². The number of aromatic nitrogens is 3. The Morgan fingerprint density at radius 2 is 1.95 bits per heavy atom. The number of aromatic amines is 1. The highest BCUT2D eigenvalue weighted by Gasteiger charge is 2.15. The molecule has 0 bridgehead atoms. The van der Waals surface area contributed by atoms with Crippen LogP contribution in [0.15, 0.2) is 29.4 Å². The van der Waals surface area contributed by atoms with Crippen molar-refractivity contribution >= 4 is 23.4 Å². The zero-order valence-corrected chi connectivity index (χ0v) is 13.6. The van der Waals surface area contributed by atoms with Crippen molar-refractivity contribution in [2.45, 2.75) is 49.4 Å². The Labute approximate surface area is 134 Å². The number of aryl methyl sites for hydroxylation is 1. The third kappa shape index (κ3) is 4.48. The maximum atomic E-state index is 5.88. The van der Waals surface area contributed by atoms with Gasteiger partial charge in [-0.1, -0.05) is 61.2 Å². The molecule has 0 saturated heterocycles. The minimum absolute atomic E-state index is 0.774. The van der Waals surface area contributed by atoms with Crippen LogP contribution >= 0.6 is 23.4 Å². The zero-order chi connectivity index (χ0) is 14.5. The molecule has 0 aliphatic heterocycles. The van der Waals surface area contributed by atoms with Crippen LogP contribution in [0, 0.1) is 5.92 Å². The van der Waals surface area contributed by atoms with E-state index in [9.17, 15) is 0 Å². The van der Waals surface area contributed by atoms with Crippen molar-refractivity contribution in [3.8, 4) is 0 Å². The molecule has 0 spiro atoms. The smallest absolute Gasteiger partial charge is 0.208 e. The lowest BCUT2D eigenvalue weighted by molar-refractivity contribution is 0.497. The molecule has 0 unspecified atom stereocenters. The Bertz CT molecular complexity index is 561. The molecule has 1 heterocycles. The molecule has 2 aromatic rings. The van der Waals surface area contributed by atoms with Gasteiger partial charge in [0.05, 0.1) is 0 Å². The molecule has 1 aromatic heterocycles. The number of halogens is 1. The van der Waals surface area contributed by atoms with Crippen LogP contribution in [0.3, 0.4) is 0 Å². The summed E-state index contributed by atoms with van der Waals surface area (Å²) in [5.41, 5.74) is 1.24. The number of nitrogens with one attached hydrogen (secondary N) is 1. The first-order valence-electron chi connectivity index (χ1n) is 7.58. The molecule has 0 amide bonds. The first-order valence-corrected chi connectivity index (χ1v) is 8.94. The molecule has 3 nitrogen and oxygen atoms in total. The van der Waals surface area contributed by atoms with Crippen molar-refractivity contribution in [3.05, 3.63) is 40.7 Å². The fraction of sp³-hybridized carbons (Fsp3) is 0.500. The van der Waals surface area contributed by atoms with Crippen molar-refractivity contribution in [3.63, 3.8) is 0 Å². The summed E-state index contributed by atoms with van der Waals surface area (Å²) in [5.74, 6) is 2.80. The van der Waals surface area contributed by atoms with E-state index in [0.717, 1.165) is 34.1 Å². The van der Waals surface area contributed by atoms with E-state index in [1.165, 1.54) is 37.7 Å². The van der Waals surface area contributed by atoms with Crippen molar-refractivity contribution in [2.24, 2.45) is 5.92 Å². The lowest BCUT2D eigenvalue weighted by atomic mass is 10.0. The summed E-state index contributed by atoms with van der Waals surface area (Å²) >= 11 is 7.55. The topological polar surface area (TPSA) is 41.6 Å². The molecule has 0 radical (unpaired) electrons. The molecule has 0 atom stereocenters. The van der Waals surface area contributed by atoms with Gasteiger partial charge >= 0.3 is 0 Å². The minimum Gasteiger partial charge on any atom is -0.262 e. The van der Waals surface area contributed by atoms with E-state index >= 15 is 0 Å². The van der Waals surface area contributed by atoms with Crippen molar-refractivity contribution < 1.29 is 0 Å². The summed E-state index contributed by atoms with van der Waals surface area (Å²) in [4.78, 5) is 4.57. The van der Waals surface area contributed by atoms with Crippen molar-refractivity contribution in [1.29, 1.82) is 0 Å². The maximum absolute atomic E-state index is 5.88. The lowest BCUT2D eigenvalue weighted by Crippen LogP contribution is -1.97. The van der Waals surface area contributed by atoms with Gasteiger partial charge in [0.1, 0.15) is 5.82 Å². The molecular weight excluding hydrogens is 302 g/mol. The van der Waals surface area contributed by atoms with Gasteiger partial charge in [0.25, 0.3) is 0 Å². The standard InChI is InChI=1S/C16H20ClN3S/c17-14-8-5-13(6-9-14)11-21-16-18-15(19-20-16)10-7-12-3-1-2-4-12/h5-6,8-9,12H,1-4,7,10-11H2,(H,18,19,20). The molecule has 21 heavy (non-hydrogen) atoms. The second-order valence-corrected chi connectivity index (χ2v) is 7.05. The SMILES string of the molecule is Clc1ccc(CSc2n[nH]c(CCC3CCCC3)n2)cc1. The predicted molar refractivity (Wildman–Crippen MR) is 87.7 cm³/mol. The van der Waals surface area contributed by atoms with Crippen LogP contribution < -0.4 is 0 Å². The third-order valence-electron chi connectivity index (χ3n) is 4.06. The summed E-state index contributed by atoms with van der Waals surface area (Å²) in [5, 5.41) is 8.98. The van der Waals surface area contributed by atoms with Crippen molar-refractivity contribution in [1.82, 2.24) is 15.2 Å². The van der Waals surface area contributed by atoms with E-state index in [4.69, 9.17) is 11.6 Å². The summed E-state index contributed by atoms with van der Waals surface area (Å²) in [7, 11) is 0. The normalized spacial score (nSPS) is 15.7. The molecule has 112 valence electrons. The molecule has 3 rings (SSSR count). The summed E-state index contributed by atoms with van der Waals surface area (Å²) in [6.07, 6.45) is 7.88. The lowest BCUT2D eigenvalue weighted by Gasteiger charge is -2.05. The number of H-pyrrole nitrogens is 1. The van der Waals surface area contributed by atoms with Crippen LogP contribution in [0.5, 0.6) is 0 Å².